The molecule has 196 valence electrons. The number of aromatic nitrogens is 1. The first-order valence-electron chi connectivity index (χ1n) is 12.7. The van der Waals surface area contributed by atoms with Crippen LogP contribution in [0.15, 0.2) is 90.0 Å². The molecule has 1 saturated heterocycles. The van der Waals surface area contributed by atoms with Gasteiger partial charge in [0.05, 0.1) is 28.8 Å². The van der Waals surface area contributed by atoms with E-state index in [4.69, 9.17) is 4.74 Å². The highest BCUT2D eigenvalue weighted by Gasteiger charge is 2.27. The number of hydrogen-bond acceptors (Lipinski definition) is 6. The van der Waals surface area contributed by atoms with Crippen LogP contribution in [0, 0.1) is 0 Å². The van der Waals surface area contributed by atoms with Gasteiger partial charge in [0.15, 0.2) is 9.84 Å². The quantitative estimate of drug-likeness (QED) is 0.344. The third-order valence-electron chi connectivity index (χ3n) is 7.21. The van der Waals surface area contributed by atoms with E-state index in [-0.39, 0.29) is 22.6 Å². The van der Waals surface area contributed by atoms with E-state index >= 15 is 0 Å². The molecule has 1 unspecified atom stereocenters. The molecule has 0 aliphatic carbocycles. The van der Waals surface area contributed by atoms with Crippen LogP contribution in [0.25, 0.3) is 10.9 Å². The first-order chi connectivity index (χ1) is 18.4. The van der Waals surface area contributed by atoms with Crippen molar-refractivity contribution in [1.29, 1.82) is 0 Å². The monoisotopic (exact) mass is 529 g/mol. The molecule has 8 heteroatoms. The third-order valence-corrected chi connectivity index (χ3v) is 8.93. The summed E-state index contributed by atoms with van der Waals surface area (Å²) in [5.74, 6) is 0.0455. The maximum absolute atomic E-state index is 13.4. The molecular formula is C30H31N3O4S. The first kappa shape index (κ1) is 25.9. The second kappa shape index (κ2) is 10.9. The Kier molecular flexibility index (Phi) is 7.44. The summed E-state index contributed by atoms with van der Waals surface area (Å²) in [6.07, 6.45) is 1.59. The van der Waals surface area contributed by atoms with E-state index in [1.54, 1.807) is 42.6 Å². The largest absolute Gasteiger partial charge is 0.496 e. The molecule has 1 aliphatic rings. The summed E-state index contributed by atoms with van der Waals surface area (Å²) in [5, 5.41) is 0.769. The number of piperazine rings is 1. The Hall–Kier alpha value is -3.75. The van der Waals surface area contributed by atoms with E-state index in [0.29, 0.717) is 35.5 Å². The smallest absolute Gasteiger partial charge is 0.257 e. The van der Waals surface area contributed by atoms with Crippen molar-refractivity contribution in [2.75, 3.05) is 33.3 Å². The molecule has 1 amide bonds. The van der Waals surface area contributed by atoms with Crippen LogP contribution in [0.1, 0.15) is 34.5 Å². The molecule has 1 aliphatic heterocycles. The number of nitrogens with zero attached hydrogens (tertiary/aromatic N) is 3. The van der Waals surface area contributed by atoms with E-state index < -0.39 is 9.84 Å². The Labute approximate surface area is 223 Å². The van der Waals surface area contributed by atoms with Crippen LogP contribution in [0.5, 0.6) is 5.75 Å². The highest BCUT2D eigenvalue weighted by molar-refractivity contribution is 7.90. The minimum Gasteiger partial charge on any atom is -0.496 e. The van der Waals surface area contributed by atoms with Gasteiger partial charge in [0, 0.05) is 43.8 Å². The van der Waals surface area contributed by atoms with Gasteiger partial charge in [-0.15, -0.1) is 0 Å². The van der Waals surface area contributed by atoms with Crippen LogP contribution in [-0.2, 0) is 15.6 Å². The van der Waals surface area contributed by atoms with Crippen molar-refractivity contribution in [3.63, 3.8) is 0 Å². The lowest BCUT2D eigenvalue weighted by atomic mass is 10.1. The Morgan fingerprint density at radius 3 is 2.42 bits per heavy atom. The van der Waals surface area contributed by atoms with Gasteiger partial charge in [-0.2, -0.15) is 0 Å². The van der Waals surface area contributed by atoms with Gasteiger partial charge in [-0.1, -0.05) is 54.6 Å². The van der Waals surface area contributed by atoms with Crippen molar-refractivity contribution < 1.29 is 17.9 Å². The van der Waals surface area contributed by atoms with Crippen molar-refractivity contribution in [3.8, 4) is 5.75 Å². The summed E-state index contributed by atoms with van der Waals surface area (Å²) < 4.78 is 32.2. The van der Waals surface area contributed by atoms with Gasteiger partial charge in [-0.3, -0.25) is 14.7 Å². The van der Waals surface area contributed by atoms with Crippen LogP contribution < -0.4 is 4.74 Å². The molecule has 0 radical (unpaired) electrons. The number of carbonyl (C=O) groups excluding carboxylic acids is 1. The Morgan fingerprint density at radius 2 is 1.68 bits per heavy atom. The summed E-state index contributed by atoms with van der Waals surface area (Å²) in [7, 11) is -2.18. The molecule has 1 atom stereocenters. The maximum Gasteiger partial charge on any atom is 0.257 e. The lowest BCUT2D eigenvalue weighted by molar-refractivity contribution is 0.0579. The van der Waals surface area contributed by atoms with E-state index in [1.165, 1.54) is 12.7 Å². The number of hydrogen-bond donors (Lipinski definition) is 0. The van der Waals surface area contributed by atoms with Gasteiger partial charge >= 0.3 is 0 Å². The van der Waals surface area contributed by atoms with E-state index in [0.717, 1.165) is 18.5 Å². The second-order valence-electron chi connectivity index (χ2n) is 9.54. The number of para-hydroxylation sites is 1. The van der Waals surface area contributed by atoms with Crippen LogP contribution in [0.3, 0.4) is 0 Å². The Morgan fingerprint density at radius 1 is 0.947 bits per heavy atom. The maximum atomic E-state index is 13.4. The fourth-order valence-corrected chi connectivity index (χ4v) is 6.58. The minimum atomic E-state index is -3.67. The normalized spacial score (nSPS) is 15.4. The summed E-state index contributed by atoms with van der Waals surface area (Å²) in [5.41, 5.74) is 2.70. The van der Waals surface area contributed by atoms with Gasteiger partial charge in [0.2, 0.25) is 0 Å². The Balaban J connectivity index is 1.30. The standard InChI is InChI=1S/C30H31N3O4S/c1-22(24-8-4-3-5-9-24)32-16-18-33(19-17-32)30(34)26-14-13-23(20-27(26)37-2)21-38(35,36)28-12-6-10-25-11-7-15-31-29(25)28/h3-15,20,22H,16-19,21H2,1-2H3. The minimum absolute atomic E-state index is 0.110. The number of carbonyl (C=O) groups is 1. The van der Waals surface area contributed by atoms with Gasteiger partial charge < -0.3 is 9.64 Å². The molecule has 0 bridgehead atoms. The number of rotatable bonds is 7. The average molecular weight is 530 g/mol. The van der Waals surface area contributed by atoms with E-state index in [9.17, 15) is 13.2 Å². The van der Waals surface area contributed by atoms with Crippen molar-refractivity contribution in [2.24, 2.45) is 0 Å². The highest BCUT2D eigenvalue weighted by Crippen LogP contribution is 2.28. The molecule has 1 fully saturated rings. The summed E-state index contributed by atoms with van der Waals surface area (Å²) >= 11 is 0. The van der Waals surface area contributed by atoms with Gasteiger partial charge in [-0.05, 0) is 42.3 Å². The molecule has 2 heterocycles. The summed E-state index contributed by atoms with van der Waals surface area (Å²) in [6.45, 7) is 4.97. The fraction of sp³-hybridized carbons (Fsp3) is 0.267. The zero-order valence-electron chi connectivity index (χ0n) is 21.6. The van der Waals surface area contributed by atoms with Crippen LogP contribution in [0.2, 0.25) is 0 Å². The predicted octanol–water partition coefficient (Wildman–Crippen LogP) is 4.74. The van der Waals surface area contributed by atoms with Gasteiger partial charge in [0.1, 0.15) is 5.75 Å². The van der Waals surface area contributed by atoms with E-state index in [2.05, 4.69) is 28.9 Å². The van der Waals surface area contributed by atoms with Crippen molar-refractivity contribution >= 4 is 26.6 Å². The van der Waals surface area contributed by atoms with Crippen LogP contribution >= 0.6 is 0 Å². The van der Waals surface area contributed by atoms with Gasteiger partial charge in [-0.25, -0.2) is 8.42 Å². The lowest BCUT2D eigenvalue weighted by Crippen LogP contribution is -2.49. The number of ether oxygens (including phenoxy) is 1. The fourth-order valence-electron chi connectivity index (χ4n) is 5.05. The highest BCUT2D eigenvalue weighted by atomic mass is 32.2. The third kappa shape index (κ3) is 5.28. The summed E-state index contributed by atoms with van der Waals surface area (Å²) in [4.78, 5) is 22.1. The number of fused-ring (bicyclic) bond motifs is 1. The van der Waals surface area contributed by atoms with Crippen molar-refractivity contribution in [2.45, 2.75) is 23.6 Å². The number of pyridine rings is 1. The SMILES string of the molecule is COc1cc(CS(=O)(=O)c2cccc3cccnc23)ccc1C(=O)N1CCN(C(C)c2ccccc2)CC1. The molecule has 4 aromatic rings. The molecule has 0 saturated carbocycles. The molecular weight excluding hydrogens is 498 g/mol. The zero-order valence-corrected chi connectivity index (χ0v) is 22.4. The number of amides is 1. The Bertz CT molecular complexity index is 1540. The van der Waals surface area contributed by atoms with Crippen LogP contribution in [-0.4, -0.2) is 62.4 Å². The van der Waals surface area contributed by atoms with Crippen molar-refractivity contribution in [3.05, 3.63) is 102 Å². The molecule has 5 rings (SSSR count). The van der Waals surface area contributed by atoms with E-state index in [1.807, 2.05) is 35.2 Å². The molecule has 38 heavy (non-hydrogen) atoms. The molecule has 0 N–H and O–H groups in total. The molecule has 0 spiro atoms. The zero-order chi connectivity index (χ0) is 26.7. The number of sulfone groups is 1. The lowest BCUT2D eigenvalue weighted by Gasteiger charge is -2.38. The molecule has 1 aromatic heterocycles. The van der Waals surface area contributed by atoms with Crippen molar-refractivity contribution in [1.82, 2.24) is 14.8 Å². The van der Waals surface area contributed by atoms with Gasteiger partial charge in [0.25, 0.3) is 5.91 Å². The topological polar surface area (TPSA) is 79.8 Å². The second-order valence-corrected chi connectivity index (χ2v) is 11.5. The van der Waals surface area contributed by atoms with Crippen LogP contribution in [0.4, 0.5) is 0 Å². The average Bonchev–Trinajstić information content (AvgIpc) is 2.96. The molecule has 3 aromatic carbocycles. The number of methoxy groups -OCH3 is 1. The first-order valence-corrected chi connectivity index (χ1v) is 14.3. The molecule has 7 nitrogen and oxygen atoms in total. The number of benzene rings is 3. The summed E-state index contributed by atoms with van der Waals surface area (Å²) in [6, 6.07) is 24.4. The predicted molar refractivity (Wildman–Crippen MR) is 148 cm³/mol.